The van der Waals surface area contributed by atoms with Crippen molar-refractivity contribution in [3.8, 4) is 0 Å². The maximum Gasteiger partial charge on any atom is 0.0913 e. The Kier molecular flexibility index (Phi) is 5.08. The molecule has 0 spiro atoms. The third-order valence-electron chi connectivity index (χ3n) is 1.91. The second kappa shape index (κ2) is 6.43. The van der Waals surface area contributed by atoms with Crippen LogP contribution in [0.1, 0.15) is 5.56 Å². The summed E-state index contributed by atoms with van der Waals surface area (Å²) in [6.07, 6.45) is 2.85. The van der Waals surface area contributed by atoms with Crippen LogP contribution in [0.2, 0.25) is 13.1 Å². The molecule has 0 saturated heterocycles. The summed E-state index contributed by atoms with van der Waals surface area (Å²) in [7, 11) is -0.593. The van der Waals surface area contributed by atoms with E-state index in [0.717, 1.165) is 13.0 Å². The SMILES string of the molecule is C[SiH](C)C=COCCc1ccccc1. The summed E-state index contributed by atoms with van der Waals surface area (Å²) >= 11 is 0. The van der Waals surface area contributed by atoms with E-state index < -0.39 is 8.80 Å². The van der Waals surface area contributed by atoms with E-state index >= 15 is 0 Å². The van der Waals surface area contributed by atoms with Crippen LogP contribution in [0.5, 0.6) is 0 Å². The molecule has 0 N–H and O–H groups in total. The van der Waals surface area contributed by atoms with Crippen LogP contribution in [0.4, 0.5) is 0 Å². The van der Waals surface area contributed by atoms with Crippen LogP contribution in [-0.2, 0) is 11.2 Å². The van der Waals surface area contributed by atoms with Gasteiger partial charge in [0.1, 0.15) is 0 Å². The Balaban J connectivity index is 2.16. The van der Waals surface area contributed by atoms with Gasteiger partial charge < -0.3 is 4.74 Å². The predicted octanol–water partition coefficient (Wildman–Crippen LogP) is 2.79. The largest absolute Gasteiger partial charge is 0.502 e. The van der Waals surface area contributed by atoms with Gasteiger partial charge in [0.25, 0.3) is 0 Å². The third kappa shape index (κ3) is 4.87. The van der Waals surface area contributed by atoms with Crippen molar-refractivity contribution in [2.75, 3.05) is 6.61 Å². The Morgan fingerprint density at radius 1 is 1.21 bits per heavy atom. The van der Waals surface area contributed by atoms with Crippen LogP contribution in [-0.4, -0.2) is 15.4 Å². The van der Waals surface area contributed by atoms with E-state index in [1.54, 1.807) is 0 Å². The molecular weight excluding hydrogens is 188 g/mol. The molecule has 1 rings (SSSR count). The minimum absolute atomic E-state index is 0.593. The van der Waals surface area contributed by atoms with Crippen molar-refractivity contribution < 1.29 is 4.74 Å². The molecule has 0 fully saturated rings. The van der Waals surface area contributed by atoms with E-state index in [2.05, 4.69) is 43.1 Å². The lowest BCUT2D eigenvalue weighted by Crippen LogP contribution is -1.96. The van der Waals surface area contributed by atoms with E-state index in [9.17, 15) is 0 Å². The van der Waals surface area contributed by atoms with Crippen molar-refractivity contribution in [2.24, 2.45) is 0 Å². The zero-order valence-corrected chi connectivity index (χ0v) is 10.1. The van der Waals surface area contributed by atoms with Gasteiger partial charge in [-0.3, -0.25) is 0 Å². The molecule has 0 atom stereocenters. The first-order valence-corrected chi connectivity index (χ1v) is 8.09. The van der Waals surface area contributed by atoms with Crippen LogP contribution in [0.3, 0.4) is 0 Å². The highest BCUT2D eigenvalue weighted by molar-refractivity contribution is 6.61. The smallest absolute Gasteiger partial charge is 0.0913 e. The Morgan fingerprint density at radius 3 is 2.57 bits per heavy atom. The fourth-order valence-corrected chi connectivity index (χ4v) is 1.53. The summed E-state index contributed by atoms with van der Waals surface area (Å²) in [6, 6.07) is 10.4. The minimum Gasteiger partial charge on any atom is -0.502 e. The lowest BCUT2D eigenvalue weighted by Gasteiger charge is -2.01. The summed E-state index contributed by atoms with van der Waals surface area (Å²) in [6.45, 7) is 5.33. The maximum absolute atomic E-state index is 5.40. The molecule has 0 saturated carbocycles. The molecule has 76 valence electrons. The highest BCUT2D eigenvalue weighted by Crippen LogP contribution is 1.99. The van der Waals surface area contributed by atoms with Crippen LogP contribution in [0, 0.1) is 0 Å². The second-order valence-corrected chi connectivity index (χ2v) is 6.55. The van der Waals surface area contributed by atoms with Gasteiger partial charge in [-0.15, -0.1) is 0 Å². The van der Waals surface area contributed by atoms with Crippen molar-refractivity contribution in [2.45, 2.75) is 19.5 Å². The topological polar surface area (TPSA) is 9.23 Å². The standard InChI is InChI=1S/C12H18OSi/c1-14(2)11-10-13-9-8-12-6-4-3-5-7-12/h3-7,10-11,14H,8-9H2,1-2H3. The van der Waals surface area contributed by atoms with E-state index in [1.807, 2.05) is 12.3 Å². The van der Waals surface area contributed by atoms with Crippen molar-refractivity contribution >= 4 is 8.80 Å². The van der Waals surface area contributed by atoms with Gasteiger partial charge >= 0.3 is 0 Å². The van der Waals surface area contributed by atoms with Crippen LogP contribution < -0.4 is 0 Å². The van der Waals surface area contributed by atoms with Gasteiger partial charge in [0.05, 0.1) is 21.7 Å². The first kappa shape index (κ1) is 11.1. The zero-order chi connectivity index (χ0) is 10.2. The van der Waals surface area contributed by atoms with Crippen LogP contribution in [0.15, 0.2) is 42.3 Å². The monoisotopic (exact) mass is 206 g/mol. The number of hydrogen-bond acceptors (Lipinski definition) is 1. The van der Waals surface area contributed by atoms with Crippen LogP contribution >= 0.6 is 0 Å². The predicted molar refractivity (Wildman–Crippen MR) is 64.1 cm³/mol. The summed E-state index contributed by atoms with van der Waals surface area (Å²) in [5, 5.41) is 0. The Hall–Kier alpha value is -1.02. The molecule has 0 amide bonds. The molecule has 1 aromatic carbocycles. The average molecular weight is 206 g/mol. The lowest BCUT2D eigenvalue weighted by molar-refractivity contribution is 0.254. The van der Waals surface area contributed by atoms with Gasteiger partial charge in [-0.2, -0.15) is 0 Å². The molecule has 0 aliphatic carbocycles. The Bertz CT molecular complexity index is 267. The molecule has 0 aliphatic rings. The molecule has 0 heterocycles. The molecule has 0 radical (unpaired) electrons. The number of benzene rings is 1. The van der Waals surface area contributed by atoms with Crippen molar-refractivity contribution in [1.82, 2.24) is 0 Å². The molecule has 14 heavy (non-hydrogen) atoms. The summed E-state index contributed by atoms with van der Waals surface area (Å²) in [5.41, 5.74) is 3.54. The van der Waals surface area contributed by atoms with Crippen molar-refractivity contribution in [3.63, 3.8) is 0 Å². The van der Waals surface area contributed by atoms with E-state index in [4.69, 9.17) is 4.74 Å². The average Bonchev–Trinajstić information content (AvgIpc) is 2.18. The first-order chi connectivity index (χ1) is 6.79. The summed E-state index contributed by atoms with van der Waals surface area (Å²) in [4.78, 5) is 0. The fraction of sp³-hybridized carbons (Fsp3) is 0.333. The van der Waals surface area contributed by atoms with Gasteiger partial charge in [0.2, 0.25) is 0 Å². The zero-order valence-electron chi connectivity index (χ0n) is 8.94. The second-order valence-electron chi connectivity index (χ2n) is 3.68. The Labute approximate surface area is 88.0 Å². The number of rotatable bonds is 5. The maximum atomic E-state index is 5.40. The molecule has 0 aromatic heterocycles. The summed E-state index contributed by atoms with van der Waals surface area (Å²) in [5.74, 6) is 0. The molecular formula is C12H18OSi. The molecule has 1 aromatic rings. The van der Waals surface area contributed by atoms with Crippen molar-refractivity contribution in [3.05, 3.63) is 47.9 Å². The quantitative estimate of drug-likeness (QED) is 0.409. The number of hydrogen-bond donors (Lipinski definition) is 0. The van der Waals surface area contributed by atoms with Gasteiger partial charge in [-0.05, 0) is 5.56 Å². The molecule has 2 heteroatoms. The van der Waals surface area contributed by atoms with Gasteiger partial charge in [0.15, 0.2) is 0 Å². The van der Waals surface area contributed by atoms with Gasteiger partial charge in [-0.25, -0.2) is 0 Å². The highest BCUT2D eigenvalue weighted by atomic mass is 28.3. The summed E-state index contributed by atoms with van der Waals surface area (Å²) < 4.78 is 5.40. The Morgan fingerprint density at radius 2 is 1.93 bits per heavy atom. The molecule has 1 nitrogen and oxygen atoms in total. The van der Waals surface area contributed by atoms with Gasteiger partial charge in [0, 0.05) is 6.42 Å². The molecule has 0 bridgehead atoms. The molecule has 0 aliphatic heterocycles. The van der Waals surface area contributed by atoms with E-state index in [1.165, 1.54) is 5.56 Å². The number of ether oxygens (including phenoxy) is 1. The minimum atomic E-state index is -0.593. The molecule has 0 unspecified atom stereocenters. The van der Waals surface area contributed by atoms with Crippen molar-refractivity contribution in [1.29, 1.82) is 0 Å². The fourth-order valence-electron chi connectivity index (χ4n) is 1.10. The lowest BCUT2D eigenvalue weighted by atomic mass is 10.2. The highest BCUT2D eigenvalue weighted by Gasteiger charge is 1.90. The van der Waals surface area contributed by atoms with Crippen LogP contribution in [0.25, 0.3) is 0 Å². The third-order valence-corrected chi connectivity index (χ3v) is 2.84. The normalized spacial score (nSPS) is 11.1. The first-order valence-electron chi connectivity index (χ1n) is 5.11. The van der Waals surface area contributed by atoms with E-state index in [0.29, 0.717) is 0 Å². The van der Waals surface area contributed by atoms with E-state index in [-0.39, 0.29) is 0 Å². The van der Waals surface area contributed by atoms with Gasteiger partial charge in [-0.1, -0.05) is 49.1 Å².